The third-order valence-corrected chi connectivity index (χ3v) is 3.30. The maximum atomic E-state index is 9.58. The van der Waals surface area contributed by atoms with Crippen LogP contribution in [0.3, 0.4) is 0 Å². The van der Waals surface area contributed by atoms with Crippen molar-refractivity contribution in [3.05, 3.63) is 0 Å². The minimum absolute atomic E-state index is 0.362. The van der Waals surface area contributed by atoms with Crippen LogP contribution in [0.25, 0.3) is 0 Å². The van der Waals surface area contributed by atoms with Crippen LogP contribution in [0.4, 0.5) is 0 Å². The van der Waals surface area contributed by atoms with Crippen molar-refractivity contribution in [2.75, 3.05) is 18.8 Å². The summed E-state index contributed by atoms with van der Waals surface area (Å²) < 4.78 is 0. The molecule has 0 spiro atoms. The van der Waals surface area contributed by atoms with E-state index in [1.165, 1.54) is 0 Å². The number of nitrogens with one attached hydrogen (secondary N) is 1. The fraction of sp³-hybridized carbons (Fsp3) is 1.00. The average Bonchev–Trinajstić information content (AvgIpc) is 1.88. The Bertz CT molecular complexity index is 105. The van der Waals surface area contributed by atoms with Crippen molar-refractivity contribution in [3.63, 3.8) is 0 Å². The van der Waals surface area contributed by atoms with Gasteiger partial charge in [0.15, 0.2) is 0 Å². The molecule has 1 saturated heterocycles. The van der Waals surface area contributed by atoms with E-state index in [4.69, 9.17) is 0 Å². The average molecular weight is 161 g/mol. The summed E-state index contributed by atoms with van der Waals surface area (Å²) in [6, 6.07) is 0. The van der Waals surface area contributed by atoms with E-state index in [1.807, 2.05) is 25.6 Å². The van der Waals surface area contributed by atoms with Crippen molar-refractivity contribution in [1.29, 1.82) is 0 Å². The third kappa shape index (κ3) is 2.15. The van der Waals surface area contributed by atoms with Crippen molar-refractivity contribution in [2.45, 2.75) is 24.7 Å². The largest absolute Gasteiger partial charge is 0.389 e. The summed E-state index contributed by atoms with van der Waals surface area (Å²) in [5.74, 6) is 1.12. The lowest BCUT2D eigenvalue weighted by molar-refractivity contribution is 0.0767. The maximum absolute atomic E-state index is 9.58. The molecule has 2 N–H and O–H groups in total. The van der Waals surface area contributed by atoms with Gasteiger partial charge >= 0.3 is 0 Å². The molecule has 0 aliphatic carbocycles. The first-order chi connectivity index (χ1) is 4.61. The Balaban J connectivity index is 2.39. The molecule has 1 aliphatic heterocycles. The molecule has 0 bridgehead atoms. The van der Waals surface area contributed by atoms with Crippen LogP contribution in [0.15, 0.2) is 0 Å². The molecule has 1 heterocycles. The van der Waals surface area contributed by atoms with Gasteiger partial charge in [0.1, 0.15) is 0 Å². The summed E-state index contributed by atoms with van der Waals surface area (Å²) in [5.41, 5.74) is -0.530. The van der Waals surface area contributed by atoms with Crippen LogP contribution in [0.1, 0.15) is 13.8 Å². The molecule has 0 radical (unpaired) electrons. The zero-order chi connectivity index (χ0) is 7.61. The lowest BCUT2D eigenvalue weighted by atomic mass is 10.1. The Morgan fingerprint density at radius 2 is 2.30 bits per heavy atom. The van der Waals surface area contributed by atoms with E-state index >= 15 is 0 Å². The van der Waals surface area contributed by atoms with Gasteiger partial charge in [0.2, 0.25) is 0 Å². The lowest BCUT2D eigenvalue weighted by Gasteiger charge is -2.32. The van der Waals surface area contributed by atoms with Gasteiger partial charge in [-0.1, -0.05) is 0 Å². The SMILES string of the molecule is CC(C)(O)C1CNCCS1. The number of hydrogen-bond donors (Lipinski definition) is 2. The van der Waals surface area contributed by atoms with Gasteiger partial charge in [-0.2, -0.15) is 11.8 Å². The van der Waals surface area contributed by atoms with Crippen LogP contribution in [0.5, 0.6) is 0 Å². The highest BCUT2D eigenvalue weighted by atomic mass is 32.2. The van der Waals surface area contributed by atoms with Gasteiger partial charge in [-0.3, -0.25) is 0 Å². The Labute approximate surface area is 66.4 Å². The second-order valence-electron chi connectivity index (χ2n) is 3.22. The topological polar surface area (TPSA) is 32.3 Å². The smallest absolute Gasteiger partial charge is 0.0722 e. The van der Waals surface area contributed by atoms with Gasteiger partial charge in [-0.15, -0.1) is 0 Å². The predicted octanol–water partition coefficient (Wildman–Crippen LogP) is 0.462. The normalized spacial score (nSPS) is 28.5. The maximum Gasteiger partial charge on any atom is 0.0722 e. The highest BCUT2D eigenvalue weighted by molar-refractivity contribution is 8.00. The van der Waals surface area contributed by atoms with Crippen LogP contribution in [-0.2, 0) is 0 Å². The Hall–Kier alpha value is 0.270. The van der Waals surface area contributed by atoms with Crippen molar-refractivity contribution < 1.29 is 5.11 Å². The van der Waals surface area contributed by atoms with Gasteiger partial charge in [-0.25, -0.2) is 0 Å². The molecule has 1 rings (SSSR count). The van der Waals surface area contributed by atoms with E-state index in [0.29, 0.717) is 5.25 Å². The Morgan fingerprint density at radius 3 is 2.60 bits per heavy atom. The van der Waals surface area contributed by atoms with Gasteiger partial charge in [0.25, 0.3) is 0 Å². The zero-order valence-corrected chi connectivity index (χ0v) is 7.37. The second kappa shape index (κ2) is 3.11. The first-order valence-corrected chi connectivity index (χ1v) is 4.70. The van der Waals surface area contributed by atoms with Crippen LogP contribution >= 0.6 is 11.8 Å². The van der Waals surface area contributed by atoms with Crippen LogP contribution in [0, 0.1) is 0 Å². The standard InChI is InChI=1S/C7H15NOS/c1-7(2,9)6-5-8-3-4-10-6/h6,8-9H,3-5H2,1-2H3. The quantitative estimate of drug-likeness (QED) is 0.586. The van der Waals surface area contributed by atoms with Crippen molar-refractivity contribution in [3.8, 4) is 0 Å². The Kier molecular flexibility index (Phi) is 2.61. The molecule has 1 aliphatic rings. The molecule has 10 heavy (non-hydrogen) atoms. The van der Waals surface area contributed by atoms with E-state index in [-0.39, 0.29) is 0 Å². The summed E-state index contributed by atoms with van der Waals surface area (Å²) >= 11 is 1.86. The van der Waals surface area contributed by atoms with E-state index in [0.717, 1.165) is 18.8 Å². The molecule has 1 atom stereocenters. The molecule has 0 aromatic heterocycles. The van der Waals surface area contributed by atoms with Crippen LogP contribution < -0.4 is 5.32 Å². The summed E-state index contributed by atoms with van der Waals surface area (Å²) in [7, 11) is 0. The summed E-state index contributed by atoms with van der Waals surface area (Å²) in [4.78, 5) is 0. The fourth-order valence-electron chi connectivity index (χ4n) is 1.02. The molecule has 0 aromatic carbocycles. The van der Waals surface area contributed by atoms with Gasteiger partial charge in [0, 0.05) is 24.1 Å². The molecule has 3 heteroatoms. The molecule has 0 aromatic rings. The number of thioether (sulfide) groups is 1. The number of aliphatic hydroxyl groups is 1. The summed E-state index contributed by atoms with van der Waals surface area (Å²) in [5, 5.41) is 13.2. The Morgan fingerprint density at radius 1 is 1.60 bits per heavy atom. The van der Waals surface area contributed by atoms with Gasteiger partial charge < -0.3 is 10.4 Å². The summed E-state index contributed by atoms with van der Waals surface area (Å²) in [6.07, 6.45) is 0. The molecular formula is C7H15NOS. The van der Waals surface area contributed by atoms with E-state index in [2.05, 4.69) is 5.32 Å². The zero-order valence-electron chi connectivity index (χ0n) is 6.55. The monoisotopic (exact) mass is 161 g/mol. The van der Waals surface area contributed by atoms with Crippen molar-refractivity contribution in [2.24, 2.45) is 0 Å². The number of rotatable bonds is 1. The third-order valence-electron chi connectivity index (χ3n) is 1.72. The molecular weight excluding hydrogens is 146 g/mol. The highest BCUT2D eigenvalue weighted by Gasteiger charge is 2.28. The molecule has 1 unspecified atom stereocenters. The first kappa shape index (κ1) is 8.37. The van der Waals surface area contributed by atoms with E-state index in [1.54, 1.807) is 0 Å². The van der Waals surface area contributed by atoms with Crippen molar-refractivity contribution in [1.82, 2.24) is 5.32 Å². The van der Waals surface area contributed by atoms with Crippen molar-refractivity contribution >= 4 is 11.8 Å². The van der Waals surface area contributed by atoms with Gasteiger partial charge in [-0.05, 0) is 13.8 Å². The molecule has 60 valence electrons. The van der Waals surface area contributed by atoms with E-state index in [9.17, 15) is 5.11 Å². The van der Waals surface area contributed by atoms with E-state index < -0.39 is 5.60 Å². The minimum atomic E-state index is -0.530. The highest BCUT2D eigenvalue weighted by Crippen LogP contribution is 2.24. The first-order valence-electron chi connectivity index (χ1n) is 3.65. The van der Waals surface area contributed by atoms with Gasteiger partial charge in [0.05, 0.1) is 5.60 Å². The molecule has 0 amide bonds. The summed E-state index contributed by atoms with van der Waals surface area (Å²) in [6.45, 7) is 5.76. The predicted molar refractivity (Wildman–Crippen MR) is 45.4 cm³/mol. The molecule has 2 nitrogen and oxygen atoms in total. The lowest BCUT2D eigenvalue weighted by Crippen LogP contribution is -2.45. The van der Waals surface area contributed by atoms with Crippen LogP contribution in [-0.4, -0.2) is 34.8 Å². The minimum Gasteiger partial charge on any atom is -0.389 e. The molecule has 0 saturated carbocycles. The second-order valence-corrected chi connectivity index (χ2v) is 4.53. The number of hydrogen-bond acceptors (Lipinski definition) is 3. The fourth-order valence-corrected chi connectivity index (χ4v) is 2.21. The van der Waals surface area contributed by atoms with Crippen LogP contribution in [0.2, 0.25) is 0 Å². The molecule has 1 fully saturated rings.